The van der Waals surface area contributed by atoms with Gasteiger partial charge in [0.25, 0.3) is 5.91 Å². The van der Waals surface area contributed by atoms with Crippen LogP contribution >= 0.6 is 0 Å². The second-order valence-corrected chi connectivity index (χ2v) is 7.62. The Morgan fingerprint density at radius 3 is 2.43 bits per heavy atom. The zero-order valence-electron chi connectivity index (χ0n) is 17.1. The van der Waals surface area contributed by atoms with E-state index < -0.39 is 17.3 Å². The van der Waals surface area contributed by atoms with Crippen molar-refractivity contribution < 1.29 is 24.5 Å². The molecule has 1 aromatic heterocycles. The molecule has 0 aliphatic carbocycles. The van der Waals surface area contributed by atoms with Crippen LogP contribution in [-0.4, -0.2) is 40.2 Å². The number of nitrogens with zero attached hydrogens (tertiary/aromatic N) is 1. The average Bonchev–Trinajstić information content (AvgIpc) is 2.71. The zero-order valence-corrected chi connectivity index (χ0v) is 17.1. The molecule has 0 spiro atoms. The first-order valence-corrected chi connectivity index (χ1v) is 9.59. The highest BCUT2D eigenvalue weighted by Gasteiger charge is 2.28. The highest BCUT2D eigenvalue weighted by Crippen LogP contribution is 2.29. The van der Waals surface area contributed by atoms with Crippen LogP contribution in [0.1, 0.15) is 31.3 Å². The number of amides is 1. The van der Waals surface area contributed by atoms with Crippen molar-refractivity contribution in [1.82, 2.24) is 10.3 Å². The normalized spacial score (nSPS) is 11.3. The van der Waals surface area contributed by atoms with Crippen LogP contribution in [0.25, 0.3) is 21.9 Å². The molecule has 0 fully saturated rings. The maximum atomic E-state index is 12.3. The number of carboxylic acids is 1. The van der Waals surface area contributed by atoms with Gasteiger partial charge in [0, 0.05) is 18.3 Å². The second-order valence-electron chi connectivity index (χ2n) is 7.62. The Morgan fingerprint density at radius 1 is 1.07 bits per heavy atom. The summed E-state index contributed by atoms with van der Waals surface area (Å²) in [5.74, 6) is -1.13. The van der Waals surface area contributed by atoms with Crippen LogP contribution in [0.2, 0.25) is 0 Å². The molecule has 0 atom stereocenters. The summed E-state index contributed by atoms with van der Waals surface area (Å²) in [7, 11) is 0. The van der Waals surface area contributed by atoms with E-state index in [2.05, 4.69) is 10.3 Å². The summed E-state index contributed by atoms with van der Waals surface area (Å²) < 4.78 is 5.52. The van der Waals surface area contributed by atoms with Gasteiger partial charge in [0.15, 0.2) is 5.69 Å². The zero-order chi connectivity index (χ0) is 21.9. The number of aliphatic carboxylic acids is 1. The van der Waals surface area contributed by atoms with Crippen molar-refractivity contribution in [3.8, 4) is 22.6 Å². The summed E-state index contributed by atoms with van der Waals surface area (Å²) in [4.78, 5) is 27.6. The second kappa shape index (κ2) is 8.41. The molecular weight excluding hydrogens is 384 g/mol. The molecule has 0 bridgehead atoms. The van der Waals surface area contributed by atoms with Crippen molar-refractivity contribution in [1.29, 1.82) is 0 Å². The Morgan fingerprint density at radius 2 is 1.77 bits per heavy atom. The first kappa shape index (κ1) is 21.1. The average molecular weight is 408 g/mol. The molecule has 3 aromatic rings. The van der Waals surface area contributed by atoms with Gasteiger partial charge in [0.05, 0.1) is 12.0 Å². The van der Waals surface area contributed by atoms with Gasteiger partial charge in [0.2, 0.25) is 0 Å². The van der Waals surface area contributed by atoms with Gasteiger partial charge in [-0.2, -0.15) is 0 Å². The standard InChI is InChI=1S/C23H24N2O5/c1-4-30-18-8-7-14-9-15(5-6-16(14)10-18)17-11-19(26)20(24-12-17)21(27)25-13-23(2,3)22(28)29/h5-12,26H,4,13H2,1-3H3,(H,25,27)(H,28,29). The lowest BCUT2D eigenvalue weighted by Gasteiger charge is -2.19. The lowest BCUT2D eigenvalue weighted by molar-refractivity contribution is -0.146. The van der Waals surface area contributed by atoms with Gasteiger partial charge >= 0.3 is 5.97 Å². The molecule has 3 N–H and O–H groups in total. The molecular formula is C23H24N2O5. The van der Waals surface area contributed by atoms with Crippen molar-refractivity contribution in [2.24, 2.45) is 5.41 Å². The fourth-order valence-electron chi connectivity index (χ4n) is 2.91. The largest absolute Gasteiger partial charge is 0.505 e. The topological polar surface area (TPSA) is 109 Å². The van der Waals surface area contributed by atoms with Crippen molar-refractivity contribution in [3.05, 3.63) is 54.4 Å². The third-order valence-corrected chi connectivity index (χ3v) is 4.81. The maximum Gasteiger partial charge on any atom is 0.310 e. The third kappa shape index (κ3) is 4.51. The highest BCUT2D eigenvalue weighted by atomic mass is 16.5. The molecule has 1 amide bonds. The first-order valence-electron chi connectivity index (χ1n) is 9.59. The molecule has 2 aromatic carbocycles. The van der Waals surface area contributed by atoms with Gasteiger partial charge in [-0.15, -0.1) is 0 Å². The number of carboxylic acid groups (broad SMARTS) is 1. The number of carbonyl (C=O) groups excluding carboxylic acids is 1. The van der Waals surface area contributed by atoms with Gasteiger partial charge in [-0.25, -0.2) is 4.98 Å². The van der Waals surface area contributed by atoms with Crippen LogP contribution in [0.3, 0.4) is 0 Å². The van der Waals surface area contributed by atoms with E-state index in [0.29, 0.717) is 12.2 Å². The molecule has 3 rings (SSSR count). The monoisotopic (exact) mass is 408 g/mol. The van der Waals surface area contributed by atoms with Crippen LogP contribution < -0.4 is 10.1 Å². The summed E-state index contributed by atoms with van der Waals surface area (Å²) >= 11 is 0. The molecule has 0 aliphatic rings. The molecule has 0 radical (unpaired) electrons. The summed E-state index contributed by atoms with van der Waals surface area (Å²) in [6, 6.07) is 13.1. The van der Waals surface area contributed by atoms with E-state index in [9.17, 15) is 14.7 Å². The Kier molecular flexibility index (Phi) is 5.91. The van der Waals surface area contributed by atoms with Gasteiger partial charge < -0.3 is 20.3 Å². The Hall–Kier alpha value is -3.61. The summed E-state index contributed by atoms with van der Waals surface area (Å²) in [6.45, 7) is 5.45. The number of carbonyl (C=O) groups is 2. The lowest BCUT2D eigenvalue weighted by Crippen LogP contribution is -2.39. The minimum absolute atomic E-state index is 0.0849. The number of hydrogen-bond donors (Lipinski definition) is 3. The number of benzene rings is 2. The Balaban J connectivity index is 1.81. The van der Waals surface area contributed by atoms with Gasteiger partial charge in [-0.3, -0.25) is 9.59 Å². The van der Waals surface area contributed by atoms with E-state index >= 15 is 0 Å². The molecule has 0 aliphatic heterocycles. The highest BCUT2D eigenvalue weighted by molar-refractivity contribution is 5.96. The minimum atomic E-state index is -1.13. The number of fused-ring (bicyclic) bond motifs is 1. The number of ether oxygens (including phenoxy) is 1. The van der Waals surface area contributed by atoms with E-state index in [0.717, 1.165) is 22.1 Å². The van der Waals surface area contributed by atoms with Gasteiger partial charge in [0.1, 0.15) is 11.5 Å². The molecule has 7 nitrogen and oxygen atoms in total. The fraction of sp³-hybridized carbons (Fsp3) is 0.261. The van der Waals surface area contributed by atoms with Crippen LogP contribution in [0, 0.1) is 5.41 Å². The van der Waals surface area contributed by atoms with E-state index in [-0.39, 0.29) is 18.0 Å². The van der Waals surface area contributed by atoms with Crippen LogP contribution in [0.5, 0.6) is 11.5 Å². The van der Waals surface area contributed by atoms with E-state index in [1.807, 2.05) is 43.3 Å². The number of aromatic nitrogens is 1. The summed E-state index contributed by atoms with van der Waals surface area (Å²) in [6.07, 6.45) is 1.51. The lowest BCUT2D eigenvalue weighted by atomic mass is 9.94. The smallest absolute Gasteiger partial charge is 0.310 e. The van der Waals surface area contributed by atoms with E-state index in [1.54, 1.807) is 0 Å². The minimum Gasteiger partial charge on any atom is -0.505 e. The van der Waals surface area contributed by atoms with Crippen molar-refractivity contribution >= 4 is 22.6 Å². The fourth-order valence-corrected chi connectivity index (χ4v) is 2.91. The van der Waals surface area contributed by atoms with Gasteiger partial charge in [-0.1, -0.05) is 18.2 Å². The molecule has 0 unspecified atom stereocenters. The van der Waals surface area contributed by atoms with Crippen molar-refractivity contribution in [2.45, 2.75) is 20.8 Å². The first-order chi connectivity index (χ1) is 14.2. The summed E-state index contributed by atoms with van der Waals surface area (Å²) in [5, 5.41) is 24.0. The molecule has 156 valence electrons. The molecule has 7 heteroatoms. The quantitative estimate of drug-likeness (QED) is 0.548. The SMILES string of the molecule is CCOc1ccc2cc(-c3cnc(C(=O)NCC(C)(C)C(=O)O)c(O)c3)ccc2c1. The van der Waals surface area contributed by atoms with Crippen molar-refractivity contribution in [3.63, 3.8) is 0 Å². The molecule has 1 heterocycles. The maximum absolute atomic E-state index is 12.3. The third-order valence-electron chi connectivity index (χ3n) is 4.81. The van der Waals surface area contributed by atoms with E-state index in [4.69, 9.17) is 9.84 Å². The van der Waals surface area contributed by atoms with Gasteiger partial charge in [-0.05, 0) is 61.4 Å². The molecule has 0 saturated heterocycles. The predicted molar refractivity (Wildman–Crippen MR) is 114 cm³/mol. The van der Waals surface area contributed by atoms with Crippen molar-refractivity contribution in [2.75, 3.05) is 13.2 Å². The molecule has 0 saturated carbocycles. The van der Waals surface area contributed by atoms with E-state index in [1.165, 1.54) is 26.1 Å². The number of aromatic hydroxyl groups is 1. The number of pyridine rings is 1. The predicted octanol–water partition coefficient (Wildman–Crippen LogP) is 3.85. The Labute approximate surface area is 174 Å². The number of hydrogen-bond acceptors (Lipinski definition) is 5. The van der Waals surface area contributed by atoms with Crippen LogP contribution in [-0.2, 0) is 4.79 Å². The van der Waals surface area contributed by atoms with Crippen LogP contribution in [0.15, 0.2) is 48.7 Å². The number of nitrogens with one attached hydrogen (secondary N) is 1. The van der Waals surface area contributed by atoms with Crippen LogP contribution in [0.4, 0.5) is 0 Å². The molecule has 30 heavy (non-hydrogen) atoms. The summed E-state index contributed by atoms with van der Waals surface area (Å²) in [5.41, 5.74) is 0.222. The number of rotatable bonds is 7. The Bertz CT molecular complexity index is 1110.